The standard InChI is InChI=1S/C12H28N2O2/c1-10(6-5-7-15)14-11(9-13)8-12(2,3)16-4/h10-11,14-15H,5-9,13H2,1-4H3. The van der Waals surface area contributed by atoms with Gasteiger partial charge in [0.05, 0.1) is 5.60 Å². The summed E-state index contributed by atoms with van der Waals surface area (Å²) in [6.45, 7) is 7.11. The molecule has 0 fully saturated rings. The Morgan fingerprint density at radius 3 is 2.50 bits per heavy atom. The lowest BCUT2D eigenvalue weighted by Crippen LogP contribution is -2.46. The molecule has 0 heterocycles. The molecule has 0 aliphatic heterocycles. The number of aliphatic hydroxyl groups is 1. The first-order chi connectivity index (χ1) is 7.45. The summed E-state index contributed by atoms with van der Waals surface area (Å²) < 4.78 is 5.40. The van der Waals surface area contributed by atoms with E-state index in [0.29, 0.717) is 12.6 Å². The lowest BCUT2D eigenvalue weighted by atomic mass is 9.98. The molecular formula is C12H28N2O2. The van der Waals surface area contributed by atoms with Crippen molar-refractivity contribution in [2.75, 3.05) is 20.3 Å². The minimum Gasteiger partial charge on any atom is -0.396 e. The summed E-state index contributed by atoms with van der Waals surface area (Å²) >= 11 is 0. The van der Waals surface area contributed by atoms with Crippen molar-refractivity contribution in [2.24, 2.45) is 5.73 Å². The quantitative estimate of drug-likeness (QED) is 0.552. The summed E-state index contributed by atoms with van der Waals surface area (Å²) in [5, 5.41) is 12.2. The van der Waals surface area contributed by atoms with Crippen LogP contribution in [0.15, 0.2) is 0 Å². The first-order valence-corrected chi connectivity index (χ1v) is 6.07. The third-order valence-electron chi connectivity index (χ3n) is 2.89. The van der Waals surface area contributed by atoms with Gasteiger partial charge in [0.25, 0.3) is 0 Å². The molecule has 0 bridgehead atoms. The second kappa shape index (κ2) is 8.01. The van der Waals surface area contributed by atoms with Crippen molar-refractivity contribution < 1.29 is 9.84 Å². The topological polar surface area (TPSA) is 67.5 Å². The Bertz CT molecular complexity index is 174. The second-order valence-corrected chi connectivity index (χ2v) is 5.03. The van der Waals surface area contributed by atoms with Crippen molar-refractivity contribution in [2.45, 2.75) is 57.7 Å². The molecule has 0 spiro atoms. The normalized spacial score (nSPS) is 16.1. The van der Waals surface area contributed by atoms with Crippen molar-refractivity contribution in [3.63, 3.8) is 0 Å². The maximum absolute atomic E-state index is 8.76. The summed E-state index contributed by atoms with van der Waals surface area (Å²) in [4.78, 5) is 0. The summed E-state index contributed by atoms with van der Waals surface area (Å²) in [5.74, 6) is 0. The maximum Gasteiger partial charge on any atom is 0.0638 e. The molecule has 4 N–H and O–H groups in total. The van der Waals surface area contributed by atoms with Crippen molar-refractivity contribution in [3.05, 3.63) is 0 Å². The molecule has 16 heavy (non-hydrogen) atoms. The molecule has 4 nitrogen and oxygen atoms in total. The van der Waals surface area contributed by atoms with Gasteiger partial charge in [-0.25, -0.2) is 0 Å². The highest BCUT2D eigenvalue weighted by Gasteiger charge is 2.22. The number of hydrogen-bond acceptors (Lipinski definition) is 4. The molecule has 0 amide bonds. The average Bonchev–Trinajstić information content (AvgIpc) is 2.25. The highest BCUT2D eigenvalue weighted by Crippen LogP contribution is 2.15. The molecule has 2 atom stereocenters. The molecule has 2 unspecified atom stereocenters. The molecule has 4 heteroatoms. The van der Waals surface area contributed by atoms with Gasteiger partial charge < -0.3 is 20.9 Å². The minimum absolute atomic E-state index is 0.145. The molecule has 0 aliphatic carbocycles. The lowest BCUT2D eigenvalue weighted by Gasteiger charge is -2.30. The number of nitrogens with two attached hydrogens (primary N) is 1. The van der Waals surface area contributed by atoms with Crippen LogP contribution < -0.4 is 11.1 Å². The summed E-state index contributed by atoms with van der Waals surface area (Å²) in [5.41, 5.74) is 5.60. The van der Waals surface area contributed by atoms with Gasteiger partial charge in [-0.15, -0.1) is 0 Å². The van der Waals surface area contributed by atoms with Crippen LogP contribution in [0.1, 0.15) is 40.0 Å². The molecule has 0 rings (SSSR count). The van der Waals surface area contributed by atoms with E-state index in [1.807, 2.05) is 0 Å². The zero-order valence-corrected chi connectivity index (χ0v) is 11.1. The summed E-state index contributed by atoms with van der Waals surface area (Å²) in [6, 6.07) is 0.650. The van der Waals surface area contributed by atoms with Gasteiger partial charge >= 0.3 is 0 Å². The van der Waals surface area contributed by atoms with Crippen molar-refractivity contribution >= 4 is 0 Å². The van der Waals surface area contributed by atoms with Crippen LogP contribution in [0, 0.1) is 0 Å². The van der Waals surface area contributed by atoms with E-state index < -0.39 is 0 Å². The van der Waals surface area contributed by atoms with E-state index in [1.54, 1.807) is 7.11 Å². The van der Waals surface area contributed by atoms with E-state index in [9.17, 15) is 0 Å². The number of rotatable bonds is 9. The smallest absolute Gasteiger partial charge is 0.0638 e. The number of aliphatic hydroxyl groups excluding tert-OH is 1. The van der Waals surface area contributed by atoms with Gasteiger partial charge in [-0.2, -0.15) is 0 Å². The van der Waals surface area contributed by atoms with Crippen LogP contribution in [0.25, 0.3) is 0 Å². The summed E-state index contributed by atoms with van der Waals surface area (Å²) in [7, 11) is 1.72. The highest BCUT2D eigenvalue weighted by atomic mass is 16.5. The Morgan fingerprint density at radius 1 is 1.44 bits per heavy atom. The van der Waals surface area contributed by atoms with Gasteiger partial charge in [-0.1, -0.05) is 0 Å². The molecule has 0 saturated heterocycles. The van der Waals surface area contributed by atoms with Crippen LogP contribution in [-0.2, 0) is 4.74 Å². The second-order valence-electron chi connectivity index (χ2n) is 5.03. The molecule has 0 aliphatic rings. The van der Waals surface area contributed by atoms with Crippen LogP contribution in [0.3, 0.4) is 0 Å². The maximum atomic E-state index is 8.76. The average molecular weight is 232 g/mol. The molecule has 98 valence electrons. The molecule has 0 aromatic rings. The third-order valence-corrected chi connectivity index (χ3v) is 2.89. The van der Waals surface area contributed by atoms with Crippen LogP contribution in [0.2, 0.25) is 0 Å². The first-order valence-electron chi connectivity index (χ1n) is 6.07. The van der Waals surface area contributed by atoms with E-state index >= 15 is 0 Å². The Morgan fingerprint density at radius 2 is 2.06 bits per heavy atom. The Balaban J connectivity index is 3.99. The zero-order valence-electron chi connectivity index (χ0n) is 11.1. The third kappa shape index (κ3) is 7.17. The highest BCUT2D eigenvalue weighted by molar-refractivity contribution is 4.80. The fourth-order valence-corrected chi connectivity index (χ4v) is 1.77. The molecular weight excluding hydrogens is 204 g/mol. The largest absolute Gasteiger partial charge is 0.396 e. The Labute approximate surface area is 99.6 Å². The fraction of sp³-hybridized carbons (Fsp3) is 1.00. The van der Waals surface area contributed by atoms with E-state index in [2.05, 4.69) is 26.1 Å². The van der Waals surface area contributed by atoms with Gasteiger partial charge in [0.15, 0.2) is 0 Å². The SMILES string of the molecule is COC(C)(C)CC(CN)NC(C)CCCO. The van der Waals surface area contributed by atoms with E-state index in [4.69, 9.17) is 15.6 Å². The number of hydrogen-bond donors (Lipinski definition) is 3. The van der Waals surface area contributed by atoms with Crippen molar-refractivity contribution in [1.29, 1.82) is 0 Å². The van der Waals surface area contributed by atoms with Gasteiger partial charge in [-0.3, -0.25) is 0 Å². The molecule has 0 saturated carbocycles. The Kier molecular flexibility index (Phi) is 7.93. The van der Waals surface area contributed by atoms with Crippen LogP contribution in [0.5, 0.6) is 0 Å². The van der Waals surface area contributed by atoms with E-state index in [1.165, 1.54) is 0 Å². The first kappa shape index (κ1) is 15.8. The fourth-order valence-electron chi connectivity index (χ4n) is 1.77. The van der Waals surface area contributed by atoms with Gasteiger partial charge in [0.1, 0.15) is 0 Å². The van der Waals surface area contributed by atoms with Crippen molar-refractivity contribution in [1.82, 2.24) is 5.32 Å². The van der Waals surface area contributed by atoms with Crippen LogP contribution >= 0.6 is 0 Å². The summed E-state index contributed by atoms with van der Waals surface area (Å²) in [6.07, 6.45) is 2.70. The monoisotopic (exact) mass is 232 g/mol. The van der Waals surface area contributed by atoms with Crippen LogP contribution in [-0.4, -0.2) is 43.1 Å². The molecule has 0 aromatic heterocycles. The predicted octanol–water partition coefficient (Wildman–Crippen LogP) is 0.879. The van der Waals surface area contributed by atoms with E-state index in [-0.39, 0.29) is 18.2 Å². The van der Waals surface area contributed by atoms with Crippen molar-refractivity contribution in [3.8, 4) is 0 Å². The van der Waals surface area contributed by atoms with Gasteiger partial charge in [-0.05, 0) is 40.0 Å². The molecule has 0 radical (unpaired) electrons. The number of ether oxygens (including phenoxy) is 1. The van der Waals surface area contributed by atoms with Gasteiger partial charge in [0, 0.05) is 32.3 Å². The minimum atomic E-state index is -0.145. The molecule has 0 aromatic carbocycles. The van der Waals surface area contributed by atoms with Crippen LogP contribution in [0.4, 0.5) is 0 Å². The number of methoxy groups -OCH3 is 1. The zero-order chi connectivity index (χ0) is 12.6. The lowest BCUT2D eigenvalue weighted by molar-refractivity contribution is 0.00688. The van der Waals surface area contributed by atoms with E-state index in [0.717, 1.165) is 19.3 Å². The Hall–Kier alpha value is -0.160. The number of nitrogens with one attached hydrogen (secondary N) is 1. The predicted molar refractivity (Wildman–Crippen MR) is 67.5 cm³/mol. The van der Waals surface area contributed by atoms with Gasteiger partial charge in [0.2, 0.25) is 0 Å².